The predicted octanol–water partition coefficient (Wildman–Crippen LogP) is 2.62. The summed E-state index contributed by atoms with van der Waals surface area (Å²) < 4.78 is 27.7. The zero-order chi connectivity index (χ0) is 19.4. The van der Waals surface area contributed by atoms with Gasteiger partial charge < -0.3 is 10.2 Å². The van der Waals surface area contributed by atoms with E-state index in [0.29, 0.717) is 11.3 Å². The number of anilines is 1. The standard InChI is InChI=1S/C20H25N3O3S/c1-15-5-3-4-6-19(15)22-27(25,26)18-9-7-16(8-10-18)20(24)21-17-11-13-23(2)14-12-17/h3-10,17,22H,11-14H2,1-2H3,(H,21,24). The number of carbonyl (C=O) groups excluding carboxylic acids is 1. The molecule has 2 aromatic carbocycles. The first-order chi connectivity index (χ1) is 12.8. The summed E-state index contributed by atoms with van der Waals surface area (Å²) in [6.07, 6.45) is 1.85. The van der Waals surface area contributed by atoms with Crippen molar-refractivity contribution in [3.05, 3.63) is 59.7 Å². The highest BCUT2D eigenvalue weighted by atomic mass is 32.2. The van der Waals surface area contributed by atoms with Gasteiger partial charge in [0.1, 0.15) is 0 Å². The molecule has 0 saturated carbocycles. The maximum absolute atomic E-state index is 12.6. The van der Waals surface area contributed by atoms with Gasteiger partial charge in [-0.15, -0.1) is 0 Å². The van der Waals surface area contributed by atoms with Gasteiger partial charge in [0.15, 0.2) is 0 Å². The van der Waals surface area contributed by atoms with Crippen molar-refractivity contribution in [1.29, 1.82) is 0 Å². The number of piperidine rings is 1. The molecule has 0 unspecified atom stereocenters. The number of carbonyl (C=O) groups is 1. The fourth-order valence-corrected chi connectivity index (χ4v) is 4.23. The Kier molecular flexibility index (Phi) is 5.82. The second kappa shape index (κ2) is 8.10. The fraction of sp³-hybridized carbons (Fsp3) is 0.350. The van der Waals surface area contributed by atoms with E-state index in [4.69, 9.17) is 0 Å². The third kappa shape index (κ3) is 4.87. The number of nitrogens with one attached hydrogen (secondary N) is 2. The van der Waals surface area contributed by atoms with E-state index < -0.39 is 10.0 Å². The molecule has 0 aromatic heterocycles. The number of sulfonamides is 1. The van der Waals surface area contributed by atoms with E-state index in [-0.39, 0.29) is 16.8 Å². The number of aryl methyl sites for hydroxylation is 1. The van der Waals surface area contributed by atoms with E-state index in [1.165, 1.54) is 12.1 Å². The lowest BCUT2D eigenvalue weighted by molar-refractivity contribution is 0.0917. The van der Waals surface area contributed by atoms with Crippen LogP contribution in [-0.4, -0.2) is 45.4 Å². The highest BCUT2D eigenvalue weighted by Gasteiger charge is 2.20. The van der Waals surface area contributed by atoms with Crippen molar-refractivity contribution in [2.75, 3.05) is 24.9 Å². The van der Waals surface area contributed by atoms with Gasteiger partial charge in [-0.2, -0.15) is 0 Å². The summed E-state index contributed by atoms with van der Waals surface area (Å²) in [5.41, 5.74) is 1.85. The molecule has 7 heteroatoms. The molecule has 1 saturated heterocycles. The Balaban J connectivity index is 1.67. The van der Waals surface area contributed by atoms with Gasteiger partial charge in [0, 0.05) is 11.6 Å². The number of benzene rings is 2. The van der Waals surface area contributed by atoms with Crippen LogP contribution in [0.5, 0.6) is 0 Å². The van der Waals surface area contributed by atoms with Crippen molar-refractivity contribution in [3.63, 3.8) is 0 Å². The molecule has 3 rings (SSSR count). The third-order valence-electron chi connectivity index (χ3n) is 4.87. The highest BCUT2D eigenvalue weighted by molar-refractivity contribution is 7.92. The van der Waals surface area contributed by atoms with Crippen LogP contribution in [0.2, 0.25) is 0 Å². The molecule has 6 nitrogen and oxygen atoms in total. The zero-order valence-corrected chi connectivity index (χ0v) is 16.4. The number of likely N-dealkylation sites (tertiary alicyclic amines) is 1. The Morgan fingerprint density at radius 1 is 1.04 bits per heavy atom. The van der Waals surface area contributed by atoms with Gasteiger partial charge in [-0.1, -0.05) is 18.2 Å². The monoisotopic (exact) mass is 387 g/mol. The van der Waals surface area contributed by atoms with Gasteiger partial charge in [0.25, 0.3) is 15.9 Å². The van der Waals surface area contributed by atoms with E-state index in [1.54, 1.807) is 24.3 Å². The second-order valence-electron chi connectivity index (χ2n) is 7.00. The van der Waals surface area contributed by atoms with Gasteiger partial charge in [-0.3, -0.25) is 9.52 Å². The number of nitrogens with zero attached hydrogens (tertiary/aromatic N) is 1. The summed E-state index contributed by atoms with van der Waals surface area (Å²) in [7, 11) is -1.63. The first-order valence-corrected chi connectivity index (χ1v) is 10.5. The quantitative estimate of drug-likeness (QED) is 0.827. The number of rotatable bonds is 5. The van der Waals surface area contributed by atoms with Crippen LogP contribution in [0.1, 0.15) is 28.8 Å². The van der Waals surface area contributed by atoms with Crippen molar-refractivity contribution in [3.8, 4) is 0 Å². The van der Waals surface area contributed by atoms with Gasteiger partial charge in [-0.05, 0) is 75.8 Å². The number of para-hydroxylation sites is 1. The fourth-order valence-electron chi connectivity index (χ4n) is 3.10. The minimum Gasteiger partial charge on any atom is -0.349 e. The zero-order valence-electron chi connectivity index (χ0n) is 15.6. The average Bonchev–Trinajstić information content (AvgIpc) is 2.65. The van der Waals surface area contributed by atoms with Gasteiger partial charge >= 0.3 is 0 Å². The van der Waals surface area contributed by atoms with Crippen LogP contribution in [0.3, 0.4) is 0 Å². The van der Waals surface area contributed by atoms with Gasteiger partial charge in [0.2, 0.25) is 0 Å². The van der Waals surface area contributed by atoms with Gasteiger partial charge in [-0.25, -0.2) is 8.42 Å². The van der Waals surface area contributed by atoms with E-state index in [0.717, 1.165) is 31.5 Å². The molecule has 0 radical (unpaired) electrons. The molecule has 144 valence electrons. The normalized spacial score (nSPS) is 16.1. The SMILES string of the molecule is Cc1ccccc1NS(=O)(=O)c1ccc(C(=O)NC2CCN(C)CC2)cc1. The van der Waals surface area contributed by atoms with Crippen LogP contribution in [0, 0.1) is 6.92 Å². The molecular weight excluding hydrogens is 362 g/mol. The lowest BCUT2D eigenvalue weighted by Crippen LogP contribution is -2.43. The lowest BCUT2D eigenvalue weighted by atomic mass is 10.0. The van der Waals surface area contributed by atoms with Crippen LogP contribution < -0.4 is 10.0 Å². The van der Waals surface area contributed by atoms with E-state index in [2.05, 4.69) is 22.0 Å². The van der Waals surface area contributed by atoms with Crippen molar-refractivity contribution >= 4 is 21.6 Å². The molecular formula is C20H25N3O3S. The first-order valence-electron chi connectivity index (χ1n) is 9.03. The Morgan fingerprint density at radius 3 is 2.30 bits per heavy atom. The summed E-state index contributed by atoms with van der Waals surface area (Å²) in [6, 6.07) is 13.4. The van der Waals surface area contributed by atoms with Crippen molar-refractivity contribution in [1.82, 2.24) is 10.2 Å². The molecule has 2 N–H and O–H groups in total. The van der Waals surface area contributed by atoms with Crippen LogP contribution in [0.15, 0.2) is 53.4 Å². The Morgan fingerprint density at radius 2 is 1.67 bits per heavy atom. The summed E-state index contributed by atoms with van der Waals surface area (Å²) in [6.45, 7) is 3.77. The first kappa shape index (κ1) is 19.4. The molecule has 1 heterocycles. The summed E-state index contributed by atoms with van der Waals surface area (Å²) in [5, 5.41) is 3.03. The Labute approximate surface area is 160 Å². The van der Waals surface area contributed by atoms with E-state index in [1.807, 2.05) is 19.1 Å². The van der Waals surface area contributed by atoms with Crippen LogP contribution >= 0.6 is 0 Å². The second-order valence-corrected chi connectivity index (χ2v) is 8.68. The van der Waals surface area contributed by atoms with Crippen molar-refractivity contribution in [2.45, 2.75) is 30.7 Å². The Bertz CT molecular complexity index is 902. The molecule has 0 aliphatic carbocycles. The predicted molar refractivity (Wildman–Crippen MR) is 106 cm³/mol. The summed E-state index contributed by atoms with van der Waals surface area (Å²) in [5.74, 6) is -0.166. The highest BCUT2D eigenvalue weighted by Crippen LogP contribution is 2.20. The average molecular weight is 388 g/mol. The minimum atomic E-state index is -3.70. The minimum absolute atomic E-state index is 0.126. The van der Waals surface area contributed by atoms with Gasteiger partial charge in [0.05, 0.1) is 10.6 Å². The van der Waals surface area contributed by atoms with Crippen LogP contribution in [-0.2, 0) is 10.0 Å². The third-order valence-corrected chi connectivity index (χ3v) is 6.25. The number of hydrogen-bond donors (Lipinski definition) is 2. The topological polar surface area (TPSA) is 78.5 Å². The van der Waals surface area contributed by atoms with Crippen LogP contribution in [0.25, 0.3) is 0 Å². The number of hydrogen-bond acceptors (Lipinski definition) is 4. The summed E-state index contributed by atoms with van der Waals surface area (Å²) >= 11 is 0. The van der Waals surface area contributed by atoms with Crippen LogP contribution in [0.4, 0.5) is 5.69 Å². The molecule has 2 aromatic rings. The molecule has 0 bridgehead atoms. The number of amides is 1. The molecule has 0 atom stereocenters. The molecule has 1 aliphatic rings. The lowest BCUT2D eigenvalue weighted by Gasteiger charge is -2.29. The molecule has 27 heavy (non-hydrogen) atoms. The summed E-state index contributed by atoms with van der Waals surface area (Å²) in [4.78, 5) is 14.8. The molecule has 1 fully saturated rings. The molecule has 0 spiro atoms. The van der Waals surface area contributed by atoms with Crippen molar-refractivity contribution < 1.29 is 13.2 Å². The van der Waals surface area contributed by atoms with E-state index in [9.17, 15) is 13.2 Å². The van der Waals surface area contributed by atoms with Crippen molar-refractivity contribution in [2.24, 2.45) is 0 Å². The Hall–Kier alpha value is -2.38. The largest absolute Gasteiger partial charge is 0.349 e. The maximum Gasteiger partial charge on any atom is 0.261 e. The molecule has 1 amide bonds. The maximum atomic E-state index is 12.6. The molecule has 1 aliphatic heterocycles. The smallest absolute Gasteiger partial charge is 0.261 e. The van der Waals surface area contributed by atoms with E-state index >= 15 is 0 Å².